The lowest BCUT2D eigenvalue weighted by molar-refractivity contribution is -0.116. The van der Waals surface area contributed by atoms with Gasteiger partial charge in [-0.2, -0.15) is 0 Å². The van der Waals surface area contributed by atoms with Crippen LogP contribution in [0.5, 0.6) is 0 Å². The molecule has 0 aliphatic carbocycles. The van der Waals surface area contributed by atoms with Crippen molar-refractivity contribution in [3.63, 3.8) is 0 Å². The third kappa shape index (κ3) is 4.86. The van der Waals surface area contributed by atoms with E-state index >= 15 is 0 Å². The number of aryl methyl sites for hydroxylation is 1. The number of thiocarbonyl (C=S) groups is 1. The smallest absolute Gasteiger partial charge is 0.226 e. The van der Waals surface area contributed by atoms with Crippen LogP contribution in [0, 0.1) is 6.92 Å². The third-order valence-corrected chi connectivity index (χ3v) is 7.51. The maximum atomic E-state index is 13.2. The first-order valence-corrected chi connectivity index (χ1v) is 13.4. The molecule has 1 fully saturated rings. The van der Waals surface area contributed by atoms with Crippen molar-refractivity contribution in [2.75, 3.05) is 11.9 Å². The monoisotopic (exact) mass is 532 g/mol. The van der Waals surface area contributed by atoms with E-state index in [9.17, 15) is 4.79 Å². The Balaban J connectivity index is 1.30. The van der Waals surface area contributed by atoms with Crippen LogP contribution in [0.3, 0.4) is 0 Å². The Morgan fingerprint density at radius 3 is 2.64 bits per heavy atom. The van der Waals surface area contributed by atoms with Gasteiger partial charge in [-0.15, -0.1) is 0 Å². The number of rotatable bonds is 7. The molecule has 8 heteroatoms. The number of carbonyl (C=O) groups excluding carboxylic acids is 1. The fourth-order valence-corrected chi connectivity index (χ4v) is 5.70. The van der Waals surface area contributed by atoms with Crippen molar-refractivity contribution in [1.82, 2.24) is 24.8 Å². The number of amides is 1. The Bertz CT molecular complexity index is 1630. The number of pyridine rings is 2. The second-order valence-electron chi connectivity index (χ2n) is 9.59. The lowest BCUT2D eigenvalue weighted by Crippen LogP contribution is -2.33. The van der Waals surface area contributed by atoms with Crippen LogP contribution in [0.1, 0.15) is 35.6 Å². The van der Waals surface area contributed by atoms with Crippen molar-refractivity contribution in [2.45, 2.75) is 25.4 Å². The fraction of sp³-hybridized carbons (Fsp3) is 0.161. The Labute approximate surface area is 232 Å². The standard InChI is InChI=1S/C31H28N6OS/c1-21-14-15-27(37(21)23-10-7-17-32-20-23)30-29(26-12-4-5-18-33-26)35-31(39)36(30)19-16-28(38)34-25-13-6-9-22-8-2-3-11-24(22)25/h2-15,17-18,20,29-30H,16,19H2,1H3,(H,34,38)(H,35,39)/t29-,30-/m0/s1. The van der Waals surface area contributed by atoms with E-state index in [-0.39, 0.29) is 24.4 Å². The molecule has 39 heavy (non-hydrogen) atoms. The average molecular weight is 533 g/mol. The normalized spacial score (nSPS) is 16.8. The summed E-state index contributed by atoms with van der Waals surface area (Å²) < 4.78 is 2.20. The van der Waals surface area contributed by atoms with E-state index in [0.717, 1.165) is 39.2 Å². The van der Waals surface area contributed by atoms with E-state index in [1.165, 1.54) is 0 Å². The predicted octanol–water partition coefficient (Wildman–Crippen LogP) is 5.73. The highest BCUT2D eigenvalue weighted by atomic mass is 32.1. The summed E-state index contributed by atoms with van der Waals surface area (Å²) in [5.74, 6) is -0.0620. The second-order valence-corrected chi connectivity index (χ2v) is 9.98. The maximum absolute atomic E-state index is 13.2. The number of aromatic nitrogens is 3. The molecule has 2 aromatic carbocycles. The van der Waals surface area contributed by atoms with E-state index in [1.807, 2.05) is 79.0 Å². The van der Waals surface area contributed by atoms with E-state index in [2.05, 4.69) is 49.1 Å². The van der Waals surface area contributed by atoms with Gasteiger partial charge in [-0.1, -0.05) is 42.5 Å². The third-order valence-electron chi connectivity index (χ3n) is 7.15. The summed E-state index contributed by atoms with van der Waals surface area (Å²) >= 11 is 5.84. The zero-order valence-corrected chi connectivity index (χ0v) is 22.3. The van der Waals surface area contributed by atoms with E-state index < -0.39 is 0 Å². The van der Waals surface area contributed by atoms with E-state index in [0.29, 0.717) is 11.7 Å². The summed E-state index contributed by atoms with van der Waals surface area (Å²) in [4.78, 5) is 24.3. The maximum Gasteiger partial charge on any atom is 0.226 e. The van der Waals surface area contributed by atoms with Crippen molar-refractivity contribution in [3.05, 3.63) is 121 Å². The number of nitrogens with zero attached hydrogens (tertiary/aromatic N) is 4. The first-order chi connectivity index (χ1) is 19.1. The lowest BCUT2D eigenvalue weighted by Gasteiger charge is -2.29. The zero-order valence-electron chi connectivity index (χ0n) is 21.5. The van der Waals surface area contributed by atoms with Gasteiger partial charge in [-0.05, 0) is 67.0 Å². The van der Waals surface area contributed by atoms with E-state index in [4.69, 9.17) is 12.2 Å². The molecule has 0 unspecified atom stereocenters. The molecular formula is C31H28N6OS. The highest BCUT2D eigenvalue weighted by Gasteiger charge is 2.41. The molecule has 2 atom stereocenters. The minimum absolute atomic E-state index is 0.0620. The molecule has 0 spiro atoms. The van der Waals surface area contributed by atoms with Gasteiger partial charge in [0.2, 0.25) is 5.91 Å². The number of hydrogen-bond acceptors (Lipinski definition) is 4. The number of anilines is 1. The van der Waals surface area contributed by atoms with Crippen LogP contribution in [0.2, 0.25) is 0 Å². The predicted molar refractivity (Wildman–Crippen MR) is 158 cm³/mol. The number of benzene rings is 2. The summed E-state index contributed by atoms with van der Waals surface area (Å²) in [7, 11) is 0. The van der Waals surface area contributed by atoms with Crippen LogP contribution in [0.15, 0.2) is 104 Å². The molecule has 1 saturated heterocycles. The molecule has 0 radical (unpaired) electrons. The molecule has 6 rings (SSSR count). The van der Waals surface area contributed by atoms with Gasteiger partial charge in [-0.3, -0.25) is 14.8 Å². The van der Waals surface area contributed by atoms with Gasteiger partial charge in [0.1, 0.15) is 0 Å². The molecule has 1 aliphatic rings. The molecule has 194 valence electrons. The number of nitrogens with one attached hydrogen (secondary N) is 2. The SMILES string of the molecule is Cc1ccc([C@H]2[C@H](c3ccccn3)NC(=S)N2CCC(=O)Nc2cccc3ccccc23)n1-c1cccnc1. The van der Waals surface area contributed by atoms with Gasteiger partial charge in [0, 0.05) is 47.8 Å². The molecule has 1 aliphatic heterocycles. The molecule has 7 nitrogen and oxygen atoms in total. The van der Waals surface area contributed by atoms with Crippen LogP contribution >= 0.6 is 12.2 Å². The van der Waals surface area contributed by atoms with Crippen molar-refractivity contribution < 1.29 is 4.79 Å². The Hall–Kier alpha value is -4.56. The summed E-state index contributed by atoms with van der Waals surface area (Å²) in [6.45, 7) is 2.53. The first-order valence-electron chi connectivity index (χ1n) is 12.9. The topological polar surface area (TPSA) is 75.1 Å². The van der Waals surface area contributed by atoms with Gasteiger partial charge >= 0.3 is 0 Å². The number of fused-ring (bicyclic) bond motifs is 1. The van der Waals surface area contributed by atoms with Crippen LogP contribution in [0.25, 0.3) is 16.5 Å². The van der Waals surface area contributed by atoms with Gasteiger partial charge in [-0.25, -0.2) is 0 Å². The Morgan fingerprint density at radius 2 is 1.82 bits per heavy atom. The Morgan fingerprint density at radius 1 is 0.974 bits per heavy atom. The summed E-state index contributed by atoms with van der Waals surface area (Å²) in [6, 6.07) is 27.7. The molecule has 2 N–H and O–H groups in total. The fourth-order valence-electron chi connectivity index (χ4n) is 5.37. The van der Waals surface area contributed by atoms with Crippen molar-refractivity contribution >= 4 is 39.7 Å². The van der Waals surface area contributed by atoms with Crippen LogP contribution < -0.4 is 10.6 Å². The molecule has 5 aromatic rings. The summed E-state index contributed by atoms with van der Waals surface area (Å²) in [5, 5.41) is 9.30. The molecule has 3 aromatic heterocycles. The molecular weight excluding hydrogens is 504 g/mol. The largest absolute Gasteiger partial charge is 0.352 e. The van der Waals surface area contributed by atoms with Crippen molar-refractivity contribution in [3.8, 4) is 5.69 Å². The van der Waals surface area contributed by atoms with Crippen molar-refractivity contribution in [1.29, 1.82) is 0 Å². The quantitative estimate of drug-likeness (QED) is 0.261. The molecule has 0 saturated carbocycles. The lowest BCUT2D eigenvalue weighted by atomic mass is 10.0. The Kier molecular flexibility index (Phi) is 6.77. The zero-order chi connectivity index (χ0) is 26.8. The highest BCUT2D eigenvalue weighted by molar-refractivity contribution is 7.80. The number of carbonyl (C=O) groups is 1. The van der Waals surface area contributed by atoms with Gasteiger partial charge in [0.05, 0.1) is 29.7 Å². The van der Waals surface area contributed by atoms with Gasteiger partial charge in [0.15, 0.2) is 5.11 Å². The van der Waals surface area contributed by atoms with Crippen LogP contribution in [-0.2, 0) is 4.79 Å². The van der Waals surface area contributed by atoms with Gasteiger partial charge in [0.25, 0.3) is 0 Å². The second kappa shape index (κ2) is 10.7. The molecule has 1 amide bonds. The van der Waals surface area contributed by atoms with Crippen molar-refractivity contribution in [2.24, 2.45) is 0 Å². The van der Waals surface area contributed by atoms with Crippen LogP contribution in [0.4, 0.5) is 5.69 Å². The summed E-state index contributed by atoms with van der Waals surface area (Å²) in [5.41, 5.74) is 4.82. The minimum atomic E-state index is -0.176. The first kappa shape index (κ1) is 24.8. The van der Waals surface area contributed by atoms with E-state index in [1.54, 1.807) is 12.4 Å². The number of hydrogen-bond donors (Lipinski definition) is 2. The molecule has 0 bridgehead atoms. The average Bonchev–Trinajstić information content (AvgIpc) is 3.51. The van der Waals surface area contributed by atoms with Crippen LogP contribution in [-0.4, -0.2) is 37.0 Å². The molecule has 4 heterocycles. The highest BCUT2D eigenvalue weighted by Crippen LogP contribution is 2.40. The minimum Gasteiger partial charge on any atom is -0.352 e. The summed E-state index contributed by atoms with van der Waals surface area (Å²) in [6.07, 6.45) is 5.70. The van der Waals surface area contributed by atoms with Gasteiger partial charge < -0.3 is 20.1 Å².